The molecule has 1 heterocycles. The van der Waals surface area contributed by atoms with Crippen molar-refractivity contribution in [2.75, 3.05) is 0 Å². The molecule has 0 unspecified atom stereocenters. The van der Waals surface area contributed by atoms with Crippen molar-refractivity contribution in [1.29, 1.82) is 0 Å². The van der Waals surface area contributed by atoms with E-state index in [1.54, 1.807) is 24.3 Å². The minimum Gasteiger partial charge on any atom is -0.508 e. The van der Waals surface area contributed by atoms with Gasteiger partial charge in [0.25, 0.3) is 11.6 Å². The summed E-state index contributed by atoms with van der Waals surface area (Å²) in [6.45, 7) is 0. The highest BCUT2D eigenvalue weighted by atomic mass is 16.6. The first-order valence-electron chi connectivity index (χ1n) is 7.64. The molecule has 136 valence electrons. The molecule has 3 N–H and O–H groups in total. The highest BCUT2D eigenvalue weighted by Crippen LogP contribution is 2.30. The molecule has 0 aliphatic rings. The summed E-state index contributed by atoms with van der Waals surface area (Å²) >= 11 is 0. The summed E-state index contributed by atoms with van der Waals surface area (Å²) in [5.41, 5.74) is 2.26. The Morgan fingerprint density at radius 2 is 1.93 bits per heavy atom. The molecule has 27 heavy (non-hydrogen) atoms. The lowest BCUT2D eigenvalue weighted by Crippen LogP contribution is -2.17. The third kappa shape index (κ3) is 3.93. The van der Waals surface area contributed by atoms with E-state index in [0.29, 0.717) is 5.56 Å². The maximum atomic E-state index is 12.0. The largest absolute Gasteiger partial charge is 0.508 e. The van der Waals surface area contributed by atoms with Gasteiger partial charge in [0.05, 0.1) is 22.3 Å². The maximum Gasteiger partial charge on any atom is 0.280 e. The average Bonchev–Trinajstić information content (AvgIpc) is 3.12. The Hall–Kier alpha value is -4.14. The molecule has 0 spiro atoms. The van der Waals surface area contributed by atoms with E-state index in [9.17, 15) is 25.1 Å². The van der Waals surface area contributed by atoms with Crippen LogP contribution in [0.15, 0.2) is 64.1 Å². The number of nitro benzene ring substituents is 1. The number of furan rings is 1. The molecule has 0 atom stereocenters. The van der Waals surface area contributed by atoms with Crippen LogP contribution in [0, 0.1) is 10.1 Å². The van der Waals surface area contributed by atoms with Gasteiger partial charge in [-0.05, 0) is 36.4 Å². The second-order valence-electron chi connectivity index (χ2n) is 5.38. The fourth-order valence-corrected chi connectivity index (χ4v) is 2.33. The van der Waals surface area contributed by atoms with Crippen LogP contribution in [0.2, 0.25) is 0 Å². The number of benzene rings is 2. The number of hydrogen-bond donors (Lipinski definition) is 3. The number of phenolic OH excluding ortho intramolecular Hbond substituents is 2. The maximum absolute atomic E-state index is 12.0. The first-order chi connectivity index (χ1) is 13.0. The van der Waals surface area contributed by atoms with Gasteiger partial charge < -0.3 is 14.6 Å². The molecule has 0 aliphatic carbocycles. The van der Waals surface area contributed by atoms with E-state index in [1.165, 1.54) is 30.5 Å². The van der Waals surface area contributed by atoms with Crippen LogP contribution >= 0.6 is 0 Å². The van der Waals surface area contributed by atoms with E-state index in [4.69, 9.17) is 4.42 Å². The van der Waals surface area contributed by atoms with Gasteiger partial charge in [0, 0.05) is 6.07 Å². The molecule has 3 aromatic rings. The summed E-state index contributed by atoms with van der Waals surface area (Å²) in [4.78, 5) is 22.5. The van der Waals surface area contributed by atoms with E-state index in [-0.39, 0.29) is 34.3 Å². The third-order valence-electron chi connectivity index (χ3n) is 3.58. The molecule has 0 radical (unpaired) electrons. The number of carbonyl (C=O) groups excluding carboxylic acids is 1. The SMILES string of the molecule is O=C(N/N=C/c1ccc(-c2ccccc2[N+](=O)[O-])o1)c1cc(O)ccc1O. The van der Waals surface area contributed by atoms with E-state index in [2.05, 4.69) is 10.5 Å². The molecule has 3 rings (SSSR count). The van der Waals surface area contributed by atoms with Gasteiger partial charge in [-0.2, -0.15) is 5.10 Å². The van der Waals surface area contributed by atoms with Crippen LogP contribution in [0.25, 0.3) is 11.3 Å². The lowest BCUT2D eigenvalue weighted by Gasteiger charge is -2.03. The molecule has 1 amide bonds. The summed E-state index contributed by atoms with van der Waals surface area (Å²) in [5.74, 6) is -0.686. The standard InChI is InChI=1S/C18H13N3O6/c22-11-5-7-16(23)14(9-11)18(24)20-19-10-12-6-8-17(27-12)13-3-1-2-4-15(13)21(25)26/h1-10,22-23H,(H,20,24)/b19-10+. The number of phenols is 2. The number of hydrogen-bond acceptors (Lipinski definition) is 7. The number of carbonyl (C=O) groups is 1. The number of nitrogens with zero attached hydrogens (tertiary/aromatic N) is 2. The van der Waals surface area contributed by atoms with E-state index in [0.717, 1.165) is 6.07 Å². The summed E-state index contributed by atoms with van der Waals surface area (Å²) in [6.07, 6.45) is 1.20. The zero-order valence-electron chi connectivity index (χ0n) is 13.7. The van der Waals surface area contributed by atoms with E-state index >= 15 is 0 Å². The Labute approximate surface area is 152 Å². The minimum atomic E-state index is -0.731. The zero-order chi connectivity index (χ0) is 19.4. The molecule has 0 bridgehead atoms. The van der Waals surface area contributed by atoms with Gasteiger partial charge in [0.1, 0.15) is 23.0 Å². The van der Waals surface area contributed by atoms with Gasteiger partial charge in [0.15, 0.2) is 0 Å². The number of aromatic hydroxyl groups is 2. The fraction of sp³-hybridized carbons (Fsp3) is 0. The summed E-state index contributed by atoms with van der Waals surface area (Å²) < 4.78 is 5.50. The third-order valence-corrected chi connectivity index (χ3v) is 3.58. The number of rotatable bonds is 5. The molecular weight excluding hydrogens is 354 g/mol. The summed E-state index contributed by atoms with van der Waals surface area (Å²) in [5, 5.41) is 33.8. The number of nitro groups is 1. The lowest BCUT2D eigenvalue weighted by atomic mass is 10.1. The minimum absolute atomic E-state index is 0.0944. The normalized spacial score (nSPS) is 10.8. The smallest absolute Gasteiger partial charge is 0.280 e. The van der Waals surface area contributed by atoms with Crippen molar-refractivity contribution in [3.8, 4) is 22.8 Å². The molecule has 0 saturated carbocycles. The summed E-state index contributed by atoms with van der Waals surface area (Å²) in [7, 11) is 0. The van der Waals surface area contributed by atoms with Crippen LogP contribution in [0.5, 0.6) is 11.5 Å². The van der Waals surface area contributed by atoms with Gasteiger partial charge in [-0.15, -0.1) is 0 Å². The van der Waals surface area contributed by atoms with Crippen molar-refractivity contribution in [2.45, 2.75) is 0 Å². The zero-order valence-corrected chi connectivity index (χ0v) is 13.7. The average molecular weight is 367 g/mol. The molecule has 0 fully saturated rings. The number of nitrogens with one attached hydrogen (secondary N) is 1. The monoisotopic (exact) mass is 367 g/mol. The predicted octanol–water partition coefficient (Wildman–Crippen LogP) is 3.03. The van der Waals surface area contributed by atoms with Gasteiger partial charge >= 0.3 is 0 Å². The highest BCUT2D eigenvalue weighted by molar-refractivity contribution is 5.97. The molecular formula is C18H13N3O6. The molecule has 2 aromatic carbocycles. The van der Waals surface area contributed by atoms with Crippen molar-refractivity contribution < 1.29 is 24.3 Å². The molecule has 0 saturated heterocycles. The Kier molecular flexibility index (Phi) is 4.84. The molecule has 0 aliphatic heterocycles. The van der Waals surface area contributed by atoms with Crippen molar-refractivity contribution >= 4 is 17.8 Å². The second kappa shape index (κ2) is 7.40. The van der Waals surface area contributed by atoms with Crippen molar-refractivity contribution in [1.82, 2.24) is 5.43 Å². The van der Waals surface area contributed by atoms with Crippen LogP contribution in [0.1, 0.15) is 16.1 Å². The Morgan fingerprint density at radius 3 is 2.70 bits per heavy atom. The van der Waals surface area contributed by atoms with Gasteiger partial charge in [-0.1, -0.05) is 12.1 Å². The van der Waals surface area contributed by atoms with Crippen LogP contribution in [-0.4, -0.2) is 27.3 Å². The molecule has 1 aromatic heterocycles. The van der Waals surface area contributed by atoms with E-state index < -0.39 is 10.8 Å². The van der Waals surface area contributed by atoms with E-state index in [1.807, 2.05) is 0 Å². The second-order valence-corrected chi connectivity index (χ2v) is 5.38. The quantitative estimate of drug-likeness (QED) is 0.274. The number of para-hydroxylation sites is 1. The number of hydrazone groups is 1. The van der Waals surface area contributed by atoms with Crippen LogP contribution < -0.4 is 5.43 Å². The van der Waals surface area contributed by atoms with Gasteiger partial charge in [-0.3, -0.25) is 14.9 Å². The topological polar surface area (TPSA) is 138 Å². The number of amides is 1. The van der Waals surface area contributed by atoms with Crippen LogP contribution in [-0.2, 0) is 0 Å². The first kappa shape index (κ1) is 17.7. The Morgan fingerprint density at radius 1 is 1.15 bits per heavy atom. The van der Waals surface area contributed by atoms with Crippen molar-refractivity contribution in [3.05, 3.63) is 76.0 Å². The summed E-state index contributed by atoms with van der Waals surface area (Å²) in [6, 6.07) is 12.7. The Balaban J connectivity index is 1.74. The molecule has 9 heteroatoms. The molecule has 9 nitrogen and oxygen atoms in total. The fourth-order valence-electron chi connectivity index (χ4n) is 2.33. The first-order valence-corrected chi connectivity index (χ1v) is 7.64. The van der Waals surface area contributed by atoms with Gasteiger partial charge in [-0.25, -0.2) is 5.43 Å². The van der Waals surface area contributed by atoms with Crippen molar-refractivity contribution in [2.24, 2.45) is 5.10 Å². The van der Waals surface area contributed by atoms with Crippen molar-refractivity contribution in [3.63, 3.8) is 0 Å². The van der Waals surface area contributed by atoms with Crippen LogP contribution in [0.3, 0.4) is 0 Å². The van der Waals surface area contributed by atoms with Crippen LogP contribution in [0.4, 0.5) is 5.69 Å². The van der Waals surface area contributed by atoms with Gasteiger partial charge in [0.2, 0.25) is 0 Å². The lowest BCUT2D eigenvalue weighted by molar-refractivity contribution is -0.384. The highest BCUT2D eigenvalue weighted by Gasteiger charge is 2.17. The predicted molar refractivity (Wildman–Crippen MR) is 95.6 cm³/mol. The Bertz CT molecular complexity index is 1040.